The topological polar surface area (TPSA) is 37.3 Å². The fourth-order valence-corrected chi connectivity index (χ4v) is 1.47. The zero-order chi connectivity index (χ0) is 11.3. The van der Waals surface area contributed by atoms with Gasteiger partial charge in [-0.05, 0) is 36.6 Å². The summed E-state index contributed by atoms with van der Waals surface area (Å²) >= 11 is 3.85. The molecule has 0 amide bonds. The molecule has 0 spiro atoms. The zero-order valence-electron chi connectivity index (χ0n) is 8.24. The second-order valence-electron chi connectivity index (χ2n) is 3.32. The van der Waals surface area contributed by atoms with Gasteiger partial charge in [-0.25, -0.2) is 4.39 Å². The molecule has 0 aliphatic rings. The lowest BCUT2D eigenvalue weighted by atomic mass is 10.1. The number of hydrogen-bond acceptors (Lipinski definition) is 3. The standard InChI is InChI=1S/C11H13FO2S/c12-9-4-5-11(14)8(6-9)2-1-3-10(13)7-15/h4-6,14-15H,1-3,7H2. The van der Waals surface area contributed by atoms with Crippen LogP contribution in [0.3, 0.4) is 0 Å². The highest BCUT2D eigenvalue weighted by molar-refractivity contribution is 7.81. The Bertz CT molecular complexity index is 352. The number of thiol groups is 1. The maximum atomic E-state index is 12.8. The average molecular weight is 228 g/mol. The predicted octanol–water partition coefficient (Wildman–Crippen LogP) is 2.35. The summed E-state index contributed by atoms with van der Waals surface area (Å²) in [5, 5.41) is 9.39. The molecule has 0 saturated heterocycles. The van der Waals surface area contributed by atoms with Crippen molar-refractivity contribution in [1.29, 1.82) is 0 Å². The van der Waals surface area contributed by atoms with E-state index in [1.165, 1.54) is 18.2 Å². The van der Waals surface area contributed by atoms with Crippen LogP contribution in [0.15, 0.2) is 18.2 Å². The van der Waals surface area contributed by atoms with Crippen molar-refractivity contribution in [3.8, 4) is 5.75 Å². The van der Waals surface area contributed by atoms with Crippen molar-refractivity contribution in [2.45, 2.75) is 19.3 Å². The van der Waals surface area contributed by atoms with Crippen molar-refractivity contribution in [1.82, 2.24) is 0 Å². The molecule has 0 atom stereocenters. The molecule has 4 heteroatoms. The second kappa shape index (κ2) is 5.75. The summed E-state index contributed by atoms with van der Waals surface area (Å²) in [6.45, 7) is 0. The minimum absolute atomic E-state index is 0.0641. The average Bonchev–Trinajstić information content (AvgIpc) is 2.23. The maximum Gasteiger partial charge on any atom is 0.142 e. The van der Waals surface area contributed by atoms with E-state index in [1.54, 1.807) is 0 Å². The van der Waals surface area contributed by atoms with Crippen molar-refractivity contribution in [3.05, 3.63) is 29.6 Å². The van der Waals surface area contributed by atoms with Gasteiger partial charge in [0.05, 0.1) is 0 Å². The van der Waals surface area contributed by atoms with Crippen molar-refractivity contribution < 1.29 is 14.3 Å². The first-order chi connectivity index (χ1) is 7.13. The number of phenols is 1. The van der Waals surface area contributed by atoms with Gasteiger partial charge >= 0.3 is 0 Å². The number of rotatable bonds is 5. The molecular formula is C11H13FO2S. The molecule has 0 aliphatic carbocycles. The second-order valence-corrected chi connectivity index (χ2v) is 3.64. The van der Waals surface area contributed by atoms with E-state index in [9.17, 15) is 14.3 Å². The SMILES string of the molecule is O=C(CS)CCCc1cc(F)ccc1O. The Kier molecular flexibility index (Phi) is 4.62. The van der Waals surface area contributed by atoms with Gasteiger partial charge in [-0.1, -0.05) is 0 Å². The number of aromatic hydroxyl groups is 1. The molecule has 82 valence electrons. The molecule has 0 fully saturated rings. The Morgan fingerprint density at radius 2 is 2.20 bits per heavy atom. The van der Waals surface area contributed by atoms with Gasteiger partial charge in [0, 0.05) is 12.2 Å². The molecule has 1 N–H and O–H groups in total. The van der Waals surface area contributed by atoms with E-state index in [1.807, 2.05) is 0 Å². The molecule has 0 saturated carbocycles. The number of hydrogen-bond donors (Lipinski definition) is 2. The highest BCUT2D eigenvalue weighted by Crippen LogP contribution is 2.19. The van der Waals surface area contributed by atoms with E-state index in [0.29, 0.717) is 24.8 Å². The third kappa shape index (κ3) is 3.91. The van der Waals surface area contributed by atoms with Crippen LogP contribution in [0, 0.1) is 5.82 Å². The number of aryl methyl sites for hydroxylation is 1. The number of carbonyl (C=O) groups excluding carboxylic acids is 1. The Labute approximate surface area is 93.5 Å². The van der Waals surface area contributed by atoms with Crippen LogP contribution < -0.4 is 0 Å². The van der Waals surface area contributed by atoms with E-state index >= 15 is 0 Å². The summed E-state index contributed by atoms with van der Waals surface area (Å²) < 4.78 is 12.8. The van der Waals surface area contributed by atoms with Gasteiger partial charge in [-0.3, -0.25) is 4.79 Å². The monoisotopic (exact) mass is 228 g/mol. The van der Waals surface area contributed by atoms with Crippen molar-refractivity contribution in [2.75, 3.05) is 5.75 Å². The Hall–Kier alpha value is -1.03. The predicted molar refractivity (Wildman–Crippen MR) is 59.9 cm³/mol. The number of ketones is 1. The van der Waals surface area contributed by atoms with Gasteiger partial charge in [0.2, 0.25) is 0 Å². The van der Waals surface area contributed by atoms with Crippen LogP contribution in [0.25, 0.3) is 0 Å². The maximum absolute atomic E-state index is 12.8. The quantitative estimate of drug-likeness (QED) is 0.759. The number of phenolic OH excluding ortho intramolecular Hbond substituents is 1. The van der Waals surface area contributed by atoms with Crippen LogP contribution in [-0.2, 0) is 11.2 Å². The summed E-state index contributed by atoms with van der Waals surface area (Å²) in [6.07, 6.45) is 1.53. The van der Waals surface area contributed by atoms with Gasteiger partial charge in [-0.15, -0.1) is 0 Å². The molecule has 1 rings (SSSR count). The molecular weight excluding hydrogens is 215 g/mol. The van der Waals surface area contributed by atoms with Crippen molar-refractivity contribution in [3.63, 3.8) is 0 Å². The van der Waals surface area contributed by atoms with Crippen LogP contribution >= 0.6 is 12.6 Å². The van der Waals surface area contributed by atoms with E-state index in [0.717, 1.165) is 0 Å². The fourth-order valence-electron chi connectivity index (χ4n) is 1.31. The minimum Gasteiger partial charge on any atom is -0.508 e. The first-order valence-electron chi connectivity index (χ1n) is 4.73. The number of halogens is 1. The fraction of sp³-hybridized carbons (Fsp3) is 0.364. The Morgan fingerprint density at radius 1 is 1.47 bits per heavy atom. The van der Waals surface area contributed by atoms with E-state index in [-0.39, 0.29) is 23.1 Å². The van der Waals surface area contributed by atoms with E-state index in [2.05, 4.69) is 12.6 Å². The van der Waals surface area contributed by atoms with Gasteiger partial charge in [-0.2, -0.15) is 12.6 Å². The van der Waals surface area contributed by atoms with Crippen molar-refractivity contribution >= 4 is 18.4 Å². The van der Waals surface area contributed by atoms with Gasteiger partial charge in [0.15, 0.2) is 0 Å². The number of Topliss-reactive ketones (excluding diaryl/α,β-unsaturated/α-hetero) is 1. The molecule has 1 aromatic rings. The molecule has 15 heavy (non-hydrogen) atoms. The molecule has 2 nitrogen and oxygen atoms in total. The van der Waals surface area contributed by atoms with Crippen molar-refractivity contribution in [2.24, 2.45) is 0 Å². The summed E-state index contributed by atoms with van der Waals surface area (Å²) in [5.74, 6) is 0.00190. The minimum atomic E-state index is -0.372. The van der Waals surface area contributed by atoms with Gasteiger partial charge < -0.3 is 5.11 Å². The largest absolute Gasteiger partial charge is 0.508 e. The molecule has 0 unspecified atom stereocenters. The van der Waals surface area contributed by atoms with Gasteiger partial charge in [0.1, 0.15) is 17.3 Å². The van der Waals surface area contributed by atoms with Crippen LogP contribution in [0.4, 0.5) is 4.39 Å². The lowest BCUT2D eigenvalue weighted by molar-refractivity contribution is -0.116. The highest BCUT2D eigenvalue weighted by atomic mass is 32.1. The summed E-state index contributed by atoms with van der Waals surface area (Å²) in [7, 11) is 0. The van der Waals surface area contributed by atoms with E-state index < -0.39 is 0 Å². The highest BCUT2D eigenvalue weighted by Gasteiger charge is 2.04. The third-order valence-corrected chi connectivity index (χ3v) is 2.47. The summed E-state index contributed by atoms with van der Waals surface area (Å²) in [4.78, 5) is 10.9. The molecule has 1 aromatic carbocycles. The molecule has 0 aromatic heterocycles. The molecule has 0 heterocycles. The first kappa shape index (κ1) is 12.0. The lowest BCUT2D eigenvalue weighted by Gasteiger charge is -2.03. The molecule has 0 aliphatic heterocycles. The number of benzene rings is 1. The van der Waals surface area contributed by atoms with Crippen LogP contribution in [0.1, 0.15) is 18.4 Å². The van der Waals surface area contributed by atoms with E-state index in [4.69, 9.17) is 0 Å². The normalized spacial score (nSPS) is 10.3. The third-order valence-electron chi connectivity index (χ3n) is 2.12. The zero-order valence-corrected chi connectivity index (χ0v) is 9.14. The Morgan fingerprint density at radius 3 is 2.87 bits per heavy atom. The summed E-state index contributed by atoms with van der Waals surface area (Å²) in [6, 6.07) is 3.82. The molecule has 0 radical (unpaired) electrons. The van der Waals surface area contributed by atoms with Crippen LogP contribution in [-0.4, -0.2) is 16.6 Å². The lowest BCUT2D eigenvalue weighted by Crippen LogP contribution is -2.00. The Balaban J connectivity index is 2.50. The summed E-state index contributed by atoms with van der Waals surface area (Å²) in [5.41, 5.74) is 0.543. The molecule has 0 bridgehead atoms. The van der Waals surface area contributed by atoms with Gasteiger partial charge in [0.25, 0.3) is 0 Å². The van der Waals surface area contributed by atoms with Crippen LogP contribution in [0.2, 0.25) is 0 Å². The van der Waals surface area contributed by atoms with Crippen LogP contribution in [0.5, 0.6) is 5.75 Å². The first-order valence-corrected chi connectivity index (χ1v) is 5.36. The smallest absolute Gasteiger partial charge is 0.142 e. The number of carbonyl (C=O) groups is 1.